The number of likely N-dealkylation sites (N-methyl/N-ethyl adjacent to an activating group) is 2. The Morgan fingerprint density at radius 2 is 1.41 bits per heavy atom. The van der Waals surface area contributed by atoms with Gasteiger partial charge < -0.3 is 9.80 Å². The molecule has 1 fully saturated rings. The van der Waals surface area contributed by atoms with Crippen molar-refractivity contribution in [1.82, 2.24) is 14.7 Å². The molecular weight excluding hydrogens is 422 g/mol. The van der Waals surface area contributed by atoms with Crippen LogP contribution in [-0.2, 0) is 4.79 Å². The number of benzene rings is 2. The highest BCUT2D eigenvalue weighted by atomic mass is 35.5. The second-order valence-corrected chi connectivity index (χ2v) is 9.63. The number of hydrogen-bond acceptors (Lipinski definition) is 3. The Balaban J connectivity index is 1.61. The van der Waals surface area contributed by atoms with Gasteiger partial charge in [-0.15, -0.1) is 0 Å². The largest absolute Gasteiger partial charge is 0.347 e. The molecule has 5 nitrogen and oxygen atoms in total. The second-order valence-electron chi connectivity index (χ2n) is 9.19. The van der Waals surface area contributed by atoms with Crippen LogP contribution in [0.4, 0.5) is 0 Å². The number of halogens is 1. The van der Waals surface area contributed by atoms with E-state index in [1.54, 1.807) is 43.3 Å². The summed E-state index contributed by atoms with van der Waals surface area (Å²) in [4.78, 5) is 30.9. The lowest BCUT2D eigenvalue weighted by atomic mass is 9.81. The number of carbonyl (C=O) groups is 2. The van der Waals surface area contributed by atoms with Crippen LogP contribution in [0.1, 0.15) is 59.1 Å². The lowest BCUT2D eigenvalue weighted by Gasteiger charge is -2.35. The molecule has 0 heterocycles. The molecule has 172 valence electrons. The van der Waals surface area contributed by atoms with Crippen molar-refractivity contribution in [3.63, 3.8) is 0 Å². The van der Waals surface area contributed by atoms with E-state index < -0.39 is 0 Å². The minimum Gasteiger partial charge on any atom is -0.347 e. The van der Waals surface area contributed by atoms with E-state index in [9.17, 15) is 9.59 Å². The molecule has 0 aliphatic heterocycles. The molecule has 0 bridgehead atoms. The molecule has 2 aromatic rings. The van der Waals surface area contributed by atoms with Gasteiger partial charge in [0, 0.05) is 37.8 Å². The van der Waals surface area contributed by atoms with E-state index in [4.69, 9.17) is 11.6 Å². The van der Waals surface area contributed by atoms with Gasteiger partial charge in [-0.1, -0.05) is 35.9 Å². The predicted molar refractivity (Wildman–Crippen MR) is 130 cm³/mol. The van der Waals surface area contributed by atoms with E-state index in [0.717, 1.165) is 31.2 Å². The molecule has 0 radical (unpaired) electrons. The van der Waals surface area contributed by atoms with Crippen LogP contribution in [0.25, 0.3) is 0 Å². The van der Waals surface area contributed by atoms with Gasteiger partial charge in [-0.25, -0.2) is 0 Å². The summed E-state index contributed by atoms with van der Waals surface area (Å²) in [5.41, 5.74) is 3.01. The average molecular weight is 456 g/mol. The van der Waals surface area contributed by atoms with Gasteiger partial charge in [0.1, 0.15) is 6.04 Å². The zero-order valence-electron chi connectivity index (χ0n) is 19.7. The third kappa shape index (κ3) is 5.51. The third-order valence-corrected chi connectivity index (χ3v) is 6.82. The summed E-state index contributed by atoms with van der Waals surface area (Å²) in [7, 11) is 9.35. The van der Waals surface area contributed by atoms with Crippen molar-refractivity contribution in [1.29, 1.82) is 0 Å². The maximum absolute atomic E-state index is 12.8. The summed E-state index contributed by atoms with van der Waals surface area (Å²) in [6.45, 7) is 0. The number of carbonyl (C=O) groups excluding carboxylic acids is 2. The summed E-state index contributed by atoms with van der Waals surface area (Å²) in [6, 6.07) is 15.6. The maximum Gasteiger partial charge on any atom is 0.253 e. The molecule has 1 aliphatic carbocycles. The number of rotatable bonds is 6. The molecule has 1 atom stereocenters. The van der Waals surface area contributed by atoms with Crippen molar-refractivity contribution < 1.29 is 9.59 Å². The van der Waals surface area contributed by atoms with E-state index in [-0.39, 0.29) is 23.9 Å². The number of hydrogen-bond donors (Lipinski definition) is 0. The van der Waals surface area contributed by atoms with E-state index in [1.807, 2.05) is 30.9 Å². The Labute approximate surface area is 196 Å². The van der Waals surface area contributed by atoms with E-state index in [1.165, 1.54) is 5.56 Å². The Kier molecular flexibility index (Phi) is 7.96. The van der Waals surface area contributed by atoms with Crippen LogP contribution in [0, 0.1) is 0 Å². The molecule has 0 saturated heterocycles. The predicted octanol–water partition coefficient (Wildman–Crippen LogP) is 4.83. The zero-order chi connectivity index (χ0) is 23.4. The highest BCUT2D eigenvalue weighted by molar-refractivity contribution is 6.30. The molecule has 3 rings (SSSR count). The highest BCUT2D eigenvalue weighted by Crippen LogP contribution is 2.35. The smallest absolute Gasteiger partial charge is 0.253 e. The van der Waals surface area contributed by atoms with Gasteiger partial charge in [-0.05, 0) is 81.1 Å². The van der Waals surface area contributed by atoms with Crippen molar-refractivity contribution in [2.75, 3.05) is 35.2 Å². The van der Waals surface area contributed by atoms with E-state index >= 15 is 0 Å². The molecule has 32 heavy (non-hydrogen) atoms. The molecule has 0 N–H and O–H groups in total. The molecule has 2 amide bonds. The topological polar surface area (TPSA) is 43.9 Å². The summed E-state index contributed by atoms with van der Waals surface area (Å²) < 4.78 is 0. The van der Waals surface area contributed by atoms with Gasteiger partial charge in [0.05, 0.1) is 0 Å². The standard InChI is InChI=1S/C26H34ClN3O2/c1-28(2)24(26(32)29(3)4)20-8-6-18(7-9-20)19-12-16-23(17-13-19)30(5)25(31)21-10-14-22(27)15-11-21/h6-11,14-15,19,23-24H,12-13,16-17H2,1-5H3. The van der Waals surface area contributed by atoms with Crippen molar-refractivity contribution in [2.24, 2.45) is 0 Å². The third-order valence-electron chi connectivity index (χ3n) is 6.57. The SMILES string of the molecule is CN(C)C(=O)C(c1ccc(C2CCC(N(C)C(=O)c3ccc(Cl)cc3)CC2)cc1)N(C)C. The fourth-order valence-corrected chi connectivity index (χ4v) is 4.74. The molecule has 1 saturated carbocycles. The van der Waals surface area contributed by atoms with Crippen molar-refractivity contribution in [3.8, 4) is 0 Å². The first-order valence-electron chi connectivity index (χ1n) is 11.2. The minimum absolute atomic E-state index is 0.0507. The summed E-state index contributed by atoms with van der Waals surface area (Å²) in [5.74, 6) is 0.619. The maximum atomic E-state index is 12.8. The lowest BCUT2D eigenvalue weighted by Crippen LogP contribution is -2.39. The molecular formula is C26H34ClN3O2. The number of amides is 2. The van der Waals surface area contributed by atoms with Gasteiger partial charge in [-0.2, -0.15) is 0 Å². The van der Waals surface area contributed by atoms with Gasteiger partial charge in [0.25, 0.3) is 5.91 Å². The second kappa shape index (κ2) is 10.5. The van der Waals surface area contributed by atoms with E-state index in [2.05, 4.69) is 24.3 Å². The fraction of sp³-hybridized carbons (Fsp3) is 0.462. The highest BCUT2D eigenvalue weighted by Gasteiger charge is 2.29. The van der Waals surface area contributed by atoms with E-state index in [0.29, 0.717) is 16.5 Å². The minimum atomic E-state index is -0.276. The quantitative estimate of drug-likeness (QED) is 0.626. The van der Waals surface area contributed by atoms with Gasteiger partial charge >= 0.3 is 0 Å². The summed E-state index contributed by atoms with van der Waals surface area (Å²) in [6.07, 6.45) is 4.08. The van der Waals surface area contributed by atoms with Crippen LogP contribution in [0.2, 0.25) is 5.02 Å². The Morgan fingerprint density at radius 1 is 0.844 bits per heavy atom. The first-order chi connectivity index (χ1) is 15.2. The molecule has 2 aromatic carbocycles. The molecule has 0 aromatic heterocycles. The molecule has 1 aliphatic rings. The zero-order valence-corrected chi connectivity index (χ0v) is 20.5. The van der Waals surface area contributed by atoms with Gasteiger partial charge in [-0.3, -0.25) is 14.5 Å². The van der Waals surface area contributed by atoms with Crippen LogP contribution < -0.4 is 0 Å². The van der Waals surface area contributed by atoms with Crippen LogP contribution in [-0.4, -0.2) is 67.8 Å². The van der Waals surface area contributed by atoms with Crippen molar-refractivity contribution in [2.45, 2.75) is 43.7 Å². The summed E-state index contributed by atoms with van der Waals surface area (Å²) >= 11 is 5.94. The Morgan fingerprint density at radius 3 is 1.91 bits per heavy atom. The first-order valence-corrected chi connectivity index (χ1v) is 11.6. The molecule has 1 unspecified atom stereocenters. The fourth-order valence-electron chi connectivity index (χ4n) is 4.62. The lowest BCUT2D eigenvalue weighted by molar-refractivity contribution is -0.133. The van der Waals surface area contributed by atoms with Crippen LogP contribution >= 0.6 is 11.6 Å². The normalized spacial score (nSPS) is 19.5. The Hall–Kier alpha value is -2.37. The molecule has 0 spiro atoms. The average Bonchev–Trinajstić information content (AvgIpc) is 2.79. The molecule has 6 heteroatoms. The summed E-state index contributed by atoms with van der Waals surface area (Å²) in [5, 5.41) is 0.638. The van der Waals surface area contributed by atoms with Crippen molar-refractivity contribution >= 4 is 23.4 Å². The first kappa shape index (κ1) is 24.3. The Bertz CT molecular complexity index is 917. The van der Waals surface area contributed by atoms with Crippen LogP contribution in [0.3, 0.4) is 0 Å². The van der Waals surface area contributed by atoms with Crippen molar-refractivity contribution in [3.05, 3.63) is 70.2 Å². The number of nitrogens with zero attached hydrogens (tertiary/aromatic N) is 3. The van der Waals surface area contributed by atoms with Gasteiger partial charge in [0.15, 0.2) is 0 Å². The monoisotopic (exact) mass is 455 g/mol. The van der Waals surface area contributed by atoms with Crippen LogP contribution in [0.15, 0.2) is 48.5 Å². The van der Waals surface area contributed by atoms with Crippen LogP contribution in [0.5, 0.6) is 0 Å². The van der Waals surface area contributed by atoms with Gasteiger partial charge in [0.2, 0.25) is 5.91 Å².